The van der Waals surface area contributed by atoms with E-state index < -0.39 is 0 Å². The van der Waals surface area contributed by atoms with Crippen LogP contribution in [0.4, 0.5) is 0 Å². The number of carbonyl (C=O) groups excluding carboxylic acids is 2. The lowest BCUT2D eigenvalue weighted by Gasteiger charge is -2.38. The van der Waals surface area contributed by atoms with Crippen molar-refractivity contribution in [2.24, 2.45) is 17.6 Å². The molecule has 6 heteroatoms. The van der Waals surface area contributed by atoms with E-state index in [0.29, 0.717) is 18.9 Å². The molecule has 0 radical (unpaired) electrons. The van der Waals surface area contributed by atoms with Crippen LogP contribution in [0, 0.1) is 11.8 Å². The Bertz CT molecular complexity index is 615. The lowest BCUT2D eigenvalue weighted by Crippen LogP contribution is -2.49. The van der Waals surface area contributed by atoms with Crippen LogP contribution >= 0.6 is 12.4 Å². The predicted molar refractivity (Wildman–Crippen MR) is 110 cm³/mol. The monoisotopic (exact) mass is 393 g/mol. The molecule has 0 saturated carbocycles. The van der Waals surface area contributed by atoms with Crippen LogP contribution in [0.15, 0.2) is 30.3 Å². The van der Waals surface area contributed by atoms with Crippen LogP contribution in [-0.4, -0.2) is 53.8 Å². The van der Waals surface area contributed by atoms with E-state index in [0.717, 1.165) is 50.9 Å². The second-order valence-corrected chi connectivity index (χ2v) is 7.86. The third-order valence-electron chi connectivity index (χ3n) is 5.92. The Kier molecular flexibility index (Phi) is 8.11. The Labute approximate surface area is 168 Å². The van der Waals surface area contributed by atoms with E-state index in [4.69, 9.17) is 5.73 Å². The molecule has 2 aliphatic heterocycles. The molecule has 0 bridgehead atoms. The minimum Gasteiger partial charge on any atom is -0.342 e. The number of nitrogens with zero attached hydrogens (tertiary/aromatic N) is 2. The van der Waals surface area contributed by atoms with Crippen molar-refractivity contribution in [3.63, 3.8) is 0 Å². The zero-order chi connectivity index (χ0) is 18.5. The number of hydrogen-bond donors (Lipinski definition) is 1. The van der Waals surface area contributed by atoms with Crippen molar-refractivity contribution < 1.29 is 9.59 Å². The maximum Gasteiger partial charge on any atom is 0.227 e. The van der Waals surface area contributed by atoms with Crippen molar-refractivity contribution in [3.05, 3.63) is 35.9 Å². The number of piperidine rings is 2. The first-order valence-electron chi connectivity index (χ1n) is 9.90. The predicted octanol–water partition coefficient (Wildman–Crippen LogP) is 2.48. The quantitative estimate of drug-likeness (QED) is 0.854. The molecule has 2 N–H and O–H groups in total. The van der Waals surface area contributed by atoms with Crippen LogP contribution in [0.1, 0.15) is 38.2 Å². The smallest absolute Gasteiger partial charge is 0.227 e. The summed E-state index contributed by atoms with van der Waals surface area (Å²) in [5, 5.41) is 0. The van der Waals surface area contributed by atoms with Crippen LogP contribution in [0.2, 0.25) is 0 Å². The van der Waals surface area contributed by atoms with Gasteiger partial charge >= 0.3 is 0 Å². The minimum absolute atomic E-state index is 0. The van der Waals surface area contributed by atoms with E-state index >= 15 is 0 Å². The maximum absolute atomic E-state index is 12.9. The summed E-state index contributed by atoms with van der Waals surface area (Å²) in [6, 6.07) is 10.0. The van der Waals surface area contributed by atoms with E-state index in [1.165, 1.54) is 0 Å². The fourth-order valence-corrected chi connectivity index (χ4v) is 4.19. The SMILES string of the molecule is CC(N)C1CCN(C(=O)C2CCCN(C(=O)Cc3ccccc3)C2)CC1.Cl. The lowest BCUT2D eigenvalue weighted by molar-refractivity contribution is -0.141. The first-order valence-corrected chi connectivity index (χ1v) is 9.90. The van der Waals surface area contributed by atoms with Gasteiger partial charge in [-0.25, -0.2) is 0 Å². The first kappa shape index (κ1) is 21.7. The van der Waals surface area contributed by atoms with Gasteiger partial charge in [0.15, 0.2) is 0 Å². The molecule has 0 aliphatic carbocycles. The normalized spacial score (nSPS) is 22.1. The summed E-state index contributed by atoms with van der Waals surface area (Å²) >= 11 is 0. The van der Waals surface area contributed by atoms with Gasteiger partial charge in [-0.1, -0.05) is 30.3 Å². The molecule has 2 saturated heterocycles. The second-order valence-electron chi connectivity index (χ2n) is 7.86. The summed E-state index contributed by atoms with van der Waals surface area (Å²) in [5.41, 5.74) is 7.03. The molecule has 2 aliphatic rings. The van der Waals surface area contributed by atoms with E-state index in [1.54, 1.807) is 0 Å². The molecule has 150 valence electrons. The fourth-order valence-electron chi connectivity index (χ4n) is 4.19. The molecule has 3 rings (SSSR count). The van der Waals surface area contributed by atoms with Crippen LogP contribution < -0.4 is 5.73 Å². The number of amides is 2. The van der Waals surface area contributed by atoms with Crippen molar-refractivity contribution in [2.45, 2.75) is 45.1 Å². The number of rotatable bonds is 4. The largest absolute Gasteiger partial charge is 0.342 e. The Morgan fingerprint density at radius 1 is 1.07 bits per heavy atom. The number of carbonyl (C=O) groups is 2. The van der Waals surface area contributed by atoms with Gasteiger partial charge in [0.25, 0.3) is 0 Å². The Balaban J connectivity index is 0.00000261. The van der Waals surface area contributed by atoms with Gasteiger partial charge in [-0.15, -0.1) is 12.4 Å². The Morgan fingerprint density at radius 2 is 1.74 bits per heavy atom. The van der Waals surface area contributed by atoms with E-state index in [1.807, 2.05) is 40.1 Å². The highest BCUT2D eigenvalue weighted by Gasteiger charge is 2.33. The van der Waals surface area contributed by atoms with E-state index in [-0.39, 0.29) is 36.2 Å². The number of nitrogens with two attached hydrogens (primary N) is 1. The zero-order valence-corrected chi connectivity index (χ0v) is 17.0. The highest BCUT2D eigenvalue weighted by molar-refractivity contribution is 5.85. The van der Waals surface area contributed by atoms with Gasteiger partial charge in [0.1, 0.15) is 0 Å². The summed E-state index contributed by atoms with van der Waals surface area (Å²) in [6.07, 6.45) is 4.20. The van der Waals surface area contributed by atoms with Crippen LogP contribution in [0.5, 0.6) is 0 Å². The Hall–Kier alpha value is -1.59. The lowest BCUT2D eigenvalue weighted by atomic mass is 9.89. The molecule has 1 aromatic carbocycles. The van der Waals surface area contributed by atoms with Crippen molar-refractivity contribution in [3.8, 4) is 0 Å². The molecular weight excluding hydrogens is 362 g/mol. The minimum atomic E-state index is -0.0460. The molecule has 2 atom stereocenters. The fraction of sp³-hybridized carbons (Fsp3) is 0.619. The van der Waals surface area contributed by atoms with Crippen molar-refractivity contribution in [1.82, 2.24) is 9.80 Å². The van der Waals surface area contributed by atoms with Gasteiger partial charge in [0, 0.05) is 32.2 Å². The molecule has 0 spiro atoms. The van der Waals surface area contributed by atoms with Crippen LogP contribution in [0.25, 0.3) is 0 Å². The molecular formula is C21H32ClN3O2. The van der Waals surface area contributed by atoms with Gasteiger partial charge in [-0.3, -0.25) is 9.59 Å². The highest BCUT2D eigenvalue weighted by Crippen LogP contribution is 2.24. The van der Waals surface area contributed by atoms with Crippen LogP contribution in [0.3, 0.4) is 0 Å². The van der Waals surface area contributed by atoms with Gasteiger partial charge in [0.2, 0.25) is 11.8 Å². The first-order chi connectivity index (χ1) is 12.5. The molecule has 2 heterocycles. The molecule has 27 heavy (non-hydrogen) atoms. The topological polar surface area (TPSA) is 66.6 Å². The summed E-state index contributed by atoms with van der Waals surface area (Å²) in [7, 11) is 0. The third kappa shape index (κ3) is 5.69. The highest BCUT2D eigenvalue weighted by atomic mass is 35.5. The summed E-state index contributed by atoms with van der Waals surface area (Å²) in [4.78, 5) is 29.4. The standard InChI is InChI=1S/C21H31N3O2.ClH/c1-16(22)18-9-12-23(13-10-18)21(26)19-8-5-11-24(15-19)20(25)14-17-6-3-2-4-7-17;/h2-4,6-7,16,18-19H,5,8-15,22H2,1H3;1H. The molecule has 2 amide bonds. The zero-order valence-electron chi connectivity index (χ0n) is 16.2. The summed E-state index contributed by atoms with van der Waals surface area (Å²) in [5.74, 6) is 0.833. The molecule has 0 aromatic heterocycles. The molecule has 5 nitrogen and oxygen atoms in total. The van der Waals surface area contributed by atoms with Crippen molar-refractivity contribution >= 4 is 24.2 Å². The third-order valence-corrected chi connectivity index (χ3v) is 5.92. The number of hydrogen-bond acceptors (Lipinski definition) is 3. The second kappa shape index (κ2) is 10.1. The van der Waals surface area contributed by atoms with E-state index in [9.17, 15) is 9.59 Å². The van der Waals surface area contributed by atoms with Gasteiger partial charge in [-0.2, -0.15) is 0 Å². The maximum atomic E-state index is 12.9. The number of benzene rings is 1. The molecule has 2 unspecified atom stereocenters. The van der Waals surface area contributed by atoms with Gasteiger partial charge in [-0.05, 0) is 44.1 Å². The van der Waals surface area contributed by atoms with Crippen LogP contribution in [-0.2, 0) is 16.0 Å². The van der Waals surface area contributed by atoms with E-state index in [2.05, 4.69) is 6.92 Å². The average Bonchev–Trinajstić information content (AvgIpc) is 2.68. The summed E-state index contributed by atoms with van der Waals surface area (Å²) < 4.78 is 0. The van der Waals surface area contributed by atoms with Crippen molar-refractivity contribution in [2.75, 3.05) is 26.2 Å². The Morgan fingerprint density at radius 3 is 2.37 bits per heavy atom. The van der Waals surface area contributed by atoms with Crippen molar-refractivity contribution in [1.29, 1.82) is 0 Å². The number of halogens is 1. The van der Waals surface area contributed by atoms with Gasteiger partial charge in [0.05, 0.1) is 12.3 Å². The number of likely N-dealkylation sites (tertiary alicyclic amines) is 2. The summed E-state index contributed by atoms with van der Waals surface area (Å²) in [6.45, 7) is 5.00. The average molecular weight is 394 g/mol. The van der Waals surface area contributed by atoms with Gasteiger partial charge < -0.3 is 15.5 Å². The molecule has 1 aromatic rings. The molecule has 2 fully saturated rings.